The van der Waals surface area contributed by atoms with Gasteiger partial charge in [0.2, 0.25) is 0 Å². The lowest BCUT2D eigenvalue weighted by atomic mass is 9.58. The SMILES string of the molecule is CC(=O)O[C@H]1CC[C@@H](C)[C@](C)(CCC2(C)C=Cc3c(cc(C)c(C(=O)O)c3O)O2)[C@H]1C. The fraction of sp³-hybridized carbons (Fsp3) is 0.600. The Morgan fingerprint density at radius 3 is 2.52 bits per heavy atom. The number of aromatic hydroxyl groups is 1. The van der Waals surface area contributed by atoms with Gasteiger partial charge in [0.1, 0.15) is 28.8 Å². The van der Waals surface area contributed by atoms with Crippen LogP contribution < -0.4 is 4.74 Å². The van der Waals surface area contributed by atoms with Gasteiger partial charge in [-0.2, -0.15) is 0 Å². The Morgan fingerprint density at radius 2 is 1.90 bits per heavy atom. The number of aromatic carboxylic acids is 1. The molecule has 6 heteroatoms. The van der Waals surface area contributed by atoms with Gasteiger partial charge in [-0.3, -0.25) is 4.79 Å². The Balaban J connectivity index is 1.80. The zero-order chi connectivity index (χ0) is 23.1. The number of rotatable bonds is 5. The summed E-state index contributed by atoms with van der Waals surface area (Å²) in [7, 11) is 0. The highest BCUT2D eigenvalue weighted by Crippen LogP contribution is 2.51. The second-order valence-electron chi connectivity index (χ2n) is 9.80. The van der Waals surface area contributed by atoms with Crippen LogP contribution in [0.15, 0.2) is 12.1 Å². The van der Waals surface area contributed by atoms with Crippen LogP contribution in [0.25, 0.3) is 6.08 Å². The highest BCUT2D eigenvalue weighted by molar-refractivity contribution is 5.95. The number of hydrogen-bond acceptors (Lipinski definition) is 5. The first kappa shape index (κ1) is 23.2. The van der Waals surface area contributed by atoms with Crippen molar-refractivity contribution in [1.82, 2.24) is 0 Å². The van der Waals surface area contributed by atoms with Crippen molar-refractivity contribution in [2.24, 2.45) is 17.3 Å². The minimum absolute atomic E-state index is 0.00985. The molecule has 170 valence electrons. The quantitative estimate of drug-likeness (QED) is 0.612. The molecule has 1 aliphatic heterocycles. The number of carboxylic acid groups (broad SMARTS) is 1. The number of carbonyl (C=O) groups is 2. The lowest BCUT2D eigenvalue weighted by molar-refractivity contribution is -0.158. The van der Waals surface area contributed by atoms with Gasteiger partial charge < -0.3 is 19.7 Å². The molecule has 1 heterocycles. The van der Waals surface area contributed by atoms with Crippen molar-refractivity contribution in [3.63, 3.8) is 0 Å². The third-order valence-electron chi connectivity index (χ3n) is 7.74. The third kappa shape index (κ3) is 4.30. The fourth-order valence-corrected chi connectivity index (χ4v) is 5.21. The van der Waals surface area contributed by atoms with Crippen molar-refractivity contribution < 1.29 is 29.3 Å². The molecule has 0 radical (unpaired) electrons. The zero-order valence-corrected chi connectivity index (χ0v) is 19.3. The van der Waals surface area contributed by atoms with E-state index in [1.807, 2.05) is 13.0 Å². The molecule has 0 bridgehead atoms. The van der Waals surface area contributed by atoms with Crippen LogP contribution in [0.2, 0.25) is 0 Å². The van der Waals surface area contributed by atoms with Crippen LogP contribution in [0.1, 0.15) is 81.8 Å². The van der Waals surface area contributed by atoms with Gasteiger partial charge in [0, 0.05) is 6.92 Å². The van der Waals surface area contributed by atoms with Crippen LogP contribution in [0.3, 0.4) is 0 Å². The summed E-state index contributed by atoms with van der Waals surface area (Å²) in [4.78, 5) is 23.0. The summed E-state index contributed by atoms with van der Waals surface area (Å²) in [6, 6.07) is 1.69. The molecule has 1 aromatic carbocycles. The second kappa shape index (κ2) is 8.21. The van der Waals surface area contributed by atoms with Gasteiger partial charge in [0.05, 0.1) is 5.56 Å². The maximum Gasteiger partial charge on any atom is 0.339 e. The van der Waals surface area contributed by atoms with E-state index in [1.54, 1.807) is 19.1 Å². The van der Waals surface area contributed by atoms with Gasteiger partial charge in [-0.25, -0.2) is 4.79 Å². The smallest absolute Gasteiger partial charge is 0.339 e. The molecule has 1 saturated carbocycles. The van der Waals surface area contributed by atoms with Gasteiger partial charge in [-0.15, -0.1) is 0 Å². The van der Waals surface area contributed by atoms with Crippen molar-refractivity contribution in [2.45, 2.75) is 78.9 Å². The number of esters is 1. The van der Waals surface area contributed by atoms with Gasteiger partial charge >= 0.3 is 11.9 Å². The molecule has 1 fully saturated rings. The second-order valence-corrected chi connectivity index (χ2v) is 9.80. The maximum absolute atomic E-state index is 11.5. The van der Waals surface area contributed by atoms with E-state index < -0.39 is 11.6 Å². The number of carboxylic acids is 1. The first-order valence-electron chi connectivity index (χ1n) is 11.0. The molecule has 0 saturated heterocycles. The predicted molar refractivity (Wildman–Crippen MR) is 118 cm³/mol. The molecule has 31 heavy (non-hydrogen) atoms. The third-order valence-corrected chi connectivity index (χ3v) is 7.74. The number of phenols is 1. The normalized spacial score (nSPS) is 32.1. The number of carbonyl (C=O) groups excluding carboxylic acids is 1. The Morgan fingerprint density at radius 1 is 1.23 bits per heavy atom. The highest BCUT2D eigenvalue weighted by Gasteiger charge is 2.46. The van der Waals surface area contributed by atoms with Crippen molar-refractivity contribution in [3.8, 4) is 11.5 Å². The molecule has 1 aliphatic carbocycles. The van der Waals surface area contributed by atoms with Gasteiger partial charge in [-0.05, 0) is 80.6 Å². The molecule has 1 aromatic rings. The average molecular weight is 431 g/mol. The first-order valence-corrected chi connectivity index (χ1v) is 11.0. The number of aryl methyl sites for hydroxylation is 1. The van der Waals surface area contributed by atoms with E-state index in [2.05, 4.69) is 20.8 Å². The summed E-state index contributed by atoms with van der Waals surface area (Å²) in [6.45, 7) is 11.8. The molecule has 0 aromatic heterocycles. The highest BCUT2D eigenvalue weighted by atomic mass is 16.5. The van der Waals surface area contributed by atoms with Crippen LogP contribution in [0.5, 0.6) is 11.5 Å². The van der Waals surface area contributed by atoms with E-state index in [0.717, 1.165) is 25.7 Å². The van der Waals surface area contributed by atoms with E-state index in [-0.39, 0.29) is 34.7 Å². The Kier molecular flexibility index (Phi) is 6.14. The summed E-state index contributed by atoms with van der Waals surface area (Å²) < 4.78 is 11.9. The van der Waals surface area contributed by atoms with E-state index >= 15 is 0 Å². The maximum atomic E-state index is 11.5. The molecule has 0 amide bonds. The topological polar surface area (TPSA) is 93.1 Å². The Bertz CT molecular complexity index is 919. The molecule has 2 aliphatic rings. The standard InChI is InChI=1S/C25H34O6/c1-14-13-20-18(22(27)21(14)23(28)29)9-10-24(5,31-20)11-12-25(6)15(2)7-8-19(16(25)3)30-17(4)26/h9-10,13,15-16,19,27H,7-8,11-12H2,1-6H3,(H,28,29)/t15-,16+,19+,24?,25+/m1/s1. The summed E-state index contributed by atoms with van der Waals surface area (Å²) >= 11 is 0. The van der Waals surface area contributed by atoms with Gasteiger partial charge in [-0.1, -0.05) is 20.8 Å². The molecule has 6 nitrogen and oxygen atoms in total. The van der Waals surface area contributed by atoms with Crippen LogP contribution in [0.4, 0.5) is 0 Å². The summed E-state index contributed by atoms with van der Waals surface area (Å²) in [5.74, 6) is -0.429. The van der Waals surface area contributed by atoms with Crippen LogP contribution in [-0.4, -0.2) is 33.9 Å². The number of fused-ring (bicyclic) bond motifs is 1. The van der Waals surface area contributed by atoms with E-state index in [0.29, 0.717) is 22.8 Å². The predicted octanol–water partition coefficient (Wildman–Crippen LogP) is 5.35. The van der Waals surface area contributed by atoms with Crippen molar-refractivity contribution in [2.75, 3.05) is 0 Å². The number of ether oxygens (including phenoxy) is 2. The van der Waals surface area contributed by atoms with Crippen molar-refractivity contribution in [3.05, 3.63) is 28.8 Å². The summed E-state index contributed by atoms with van der Waals surface area (Å²) in [6.07, 6.45) is 7.15. The van der Waals surface area contributed by atoms with Gasteiger partial charge in [0.25, 0.3) is 0 Å². The fourth-order valence-electron chi connectivity index (χ4n) is 5.21. The van der Waals surface area contributed by atoms with Gasteiger partial charge in [0.15, 0.2) is 0 Å². The molecular formula is C25H34O6. The lowest BCUT2D eigenvalue weighted by Gasteiger charge is -2.49. The first-order chi connectivity index (χ1) is 14.4. The molecular weight excluding hydrogens is 396 g/mol. The minimum Gasteiger partial charge on any atom is -0.506 e. The summed E-state index contributed by atoms with van der Waals surface area (Å²) in [5.41, 5.74) is 0.190. The van der Waals surface area contributed by atoms with Crippen LogP contribution >= 0.6 is 0 Å². The van der Waals surface area contributed by atoms with E-state index in [1.165, 1.54) is 6.92 Å². The van der Waals surface area contributed by atoms with Crippen LogP contribution in [0, 0.1) is 24.2 Å². The van der Waals surface area contributed by atoms with E-state index in [9.17, 15) is 19.8 Å². The minimum atomic E-state index is -1.16. The van der Waals surface area contributed by atoms with Crippen molar-refractivity contribution in [1.29, 1.82) is 0 Å². The molecule has 0 spiro atoms. The molecule has 1 unspecified atom stereocenters. The monoisotopic (exact) mass is 430 g/mol. The molecule has 5 atom stereocenters. The number of hydrogen-bond donors (Lipinski definition) is 2. The molecule has 3 rings (SSSR count). The number of benzene rings is 1. The van der Waals surface area contributed by atoms with Crippen molar-refractivity contribution >= 4 is 18.0 Å². The van der Waals surface area contributed by atoms with E-state index in [4.69, 9.17) is 9.47 Å². The Labute approximate surface area is 184 Å². The lowest BCUT2D eigenvalue weighted by Crippen LogP contribution is -2.46. The largest absolute Gasteiger partial charge is 0.506 e. The summed E-state index contributed by atoms with van der Waals surface area (Å²) in [5, 5.41) is 19.8. The Hall–Kier alpha value is -2.50. The molecule has 2 N–H and O–H groups in total. The zero-order valence-electron chi connectivity index (χ0n) is 19.3. The average Bonchev–Trinajstić information content (AvgIpc) is 2.66. The van der Waals surface area contributed by atoms with Crippen LogP contribution in [-0.2, 0) is 9.53 Å².